The van der Waals surface area contributed by atoms with E-state index in [1.807, 2.05) is 0 Å². The summed E-state index contributed by atoms with van der Waals surface area (Å²) in [6.07, 6.45) is 2.28. The minimum absolute atomic E-state index is 0.110. The van der Waals surface area contributed by atoms with Crippen molar-refractivity contribution in [1.29, 1.82) is 0 Å². The van der Waals surface area contributed by atoms with E-state index in [1.54, 1.807) is 18.2 Å². The van der Waals surface area contributed by atoms with Gasteiger partial charge in [0.25, 0.3) is 0 Å². The van der Waals surface area contributed by atoms with Crippen molar-refractivity contribution in [1.82, 2.24) is 4.90 Å². The summed E-state index contributed by atoms with van der Waals surface area (Å²) in [5.74, 6) is 0.110. The van der Waals surface area contributed by atoms with Gasteiger partial charge in [-0.3, -0.25) is 9.69 Å². The fraction of sp³-hybridized carbons (Fsp3) is 0.533. The summed E-state index contributed by atoms with van der Waals surface area (Å²) in [6.45, 7) is 7.00. The monoisotopic (exact) mass is 299 g/mol. The molecule has 1 saturated heterocycles. The standard InChI is InChI=1S/C15H19Cl2NO/c1-15(2)5-7-18(8-6-15)10-14(19)11-3-4-12(16)13(17)9-11/h3-4,9H,5-8,10H2,1-2H3. The maximum absolute atomic E-state index is 12.2. The number of ketones is 1. The van der Waals surface area contributed by atoms with Gasteiger partial charge in [-0.25, -0.2) is 0 Å². The Morgan fingerprint density at radius 3 is 2.42 bits per heavy atom. The molecule has 2 rings (SSSR count). The molecule has 0 radical (unpaired) electrons. The molecule has 0 saturated carbocycles. The highest BCUT2D eigenvalue weighted by molar-refractivity contribution is 6.42. The van der Waals surface area contributed by atoms with Gasteiger partial charge in [0.1, 0.15) is 0 Å². The van der Waals surface area contributed by atoms with E-state index in [-0.39, 0.29) is 5.78 Å². The molecule has 0 spiro atoms. The zero-order valence-corrected chi connectivity index (χ0v) is 12.9. The first kappa shape index (κ1) is 14.8. The van der Waals surface area contributed by atoms with Gasteiger partial charge in [-0.2, -0.15) is 0 Å². The Morgan fingerprint density at radius 1 is 1.21 bits per heavy atom. The summed E-state index contributed by atoms with van der Waals surface area (Å²) in [5.41, 5.74) is 1.04. The summed E-state index contributed by atoms with van der Waals surface area (Å²) in [4.78, 5) is 14.4. The average molecular weight is 300 g/mol. The second-order valence-corrected chi connectivity index (χ2v) is 6.81. The minimum atomic E-state index is 0.110. The highest BCUT2D eigenvalue weighted by atomic mass is 35.5. The smallest absolute Gasteiger partial charge is 0.176 e. The highest BCUT2D eigenvalue weighted by Gasteiger charge is 2.26. The predicted molar refractivity (Wildman–Crippen MR) is 80.2 cm³/mol. The summed E-state index contributed by atoms with van der Waals surface area (Å²) in [7, 11) is 0. The predicted octanol–water partition coefficient (Wildman–Crippen LogP) is 4.30. The second-order valence-electron chi connectivity index (χ2n) is 5.99. The minimum Gasteiger partial charge on any atom is -0.296 e. The number of carbonyl (C=O) groups excluding carboxylic acids is 1. The molecule has 4 heteroatoms. The third-order valence-electron chi connectivity index (χ3n) is 3.82. The molecule has 0 aliphatic carbocycles. The summed E-state index contributed by atoms with van der Waals surface area (Å²) >= 11 is 11.8. The Balaban J connectivity index is 1.96. The zero-order valence-electron chi connectivity index (χ0n) is 11.4. The van der Waals surface area contributed by atoms with Crippen LogP contribution in [-0.4, -0.2) is 30.3 Å². The van der Waals surface area contributed by atoms with Gasteiger partial charge in [0.15, 0.2) is 5.78 Å². The van der Waals surface area contributed by atoms with E-state index in [0.29, 0.717) is 27.6 Å². The van der Waals surface area contributed by atoms with Crippen molar-refractivity contribution in [3.05, 3.63) is 33.8 Å². The Morgan fingerprint density at radius 2 is 1.84 bits per heavy atom. The van der Waals surface area contributed by atoms with Crippen LogP contribution in [0.5, 0.6) is 0 Å². The zero-order chi connectivity index (χ0) is 14.0. The van der Waals surface area contributed by atoms with Crippen LogP contribution < -0.4 is 0 Å². The maximum atomic E-state index is 12.2. The second kappa shape index (κ2) is 5.82. The summed E-state index contributed by atoms with van der Waals surface area (Å²) in [6, 6.07) is 5.07. The van der Waals surface area contributed by atoms with Crippen LogP contribution in [-0.2, 0) is 0 Å². The molecule has 19 heavy (non-hydrogen) atoms. The van der Waals surface area contributed by atoms with E-state index in [1.165, 1.54) is 0 Å². The number of halogens is 2. The number of carbonyl (C=O) groups is 1. The molecule has 0 N–H and O–H groups in total. The Kier molecular flexibility index (Phi) is 4.54. The van der Waals surface area contributed by atoms with E-state index >= 15 is 0 Å². The first-order chi connectivity index (χ1) is 8.87. The van der Waals surface area contributed by atoms with E-state index in [0.717, 1.165) is 25.9 Å². The average Bonchev–Trinajstić information content (AvgIpc) is 2.35. The van der Waals surface area contributed by atoms with Gasteiger partial charge in [-0.05, 0) is 49.5 Å². The topological polar surface area (TPSA) is 20.3 Å². The third-order valence-corrected chi connectivity index (χ3v) is 4.56. The first-order valence-corrected chi connectivity index (χ1v) is 7.34. The van der Waals surface area contributed by atoms with Crippen molar-refractivity contribution in [2.75, 3.05) is 19.6 Å². The van der Waals surface area contributed by atoms with Crippen molar-refractivity contribution >= 4 is 29.0 Å². The fourth-order valence-corrected chi connectivity index (χ4v) is 2.58. The maximum Gasteiger partial charge on any atom is 0.176 e. The van der Waals surface area contributed by atoms with Crippen LogP contribution in [0.1, 0.15) is 37.0 Å². The normalized spacial score (nSPS) is 19.4. The van der Waals surface area contributed by atoms with Crippen molar-refractivity contribution < 1.29 is 4.79 Å². The number of benzene rings is 1. The molecule has 2 nitrogen and oxygen atoms in total. The van der Waals surface area contributed by atoms with Gasteiger partial charge in [0, 0.05) is 5.56 Å². The highest BCUT2D eigenvalue weighted by Crippen LogP contribution is 2.30. The molecule has 0 unspecified atom stereocenters. The third kappa shape index (κ3) is 3.95. The number of hydrogen-bond donors (Lipinski definition) is 0. The van der Waals surface area contributed by atoms with Crippen LogP contribution in [0.2, 0.25) is 10.0 Å². The van der Waals surface area contributed by atoms with Gasteiger partial charge in [-0.1, -0.05) is 37.0 Å². The SMILES string of the molecule is CC1(C)CCN(CC(=O)c2ccc(Cl)c(Cl)c2)CC1. The van der Waals surface area contributed by atoms with Gasteiger partial charge >= 0.3 is 0 Å². The molecule has 0 amide bonds. The lowest BCUT2D eigenvalue weighted by atomic mass is 9.82. The number of nitrogens with zero attached hydrogens (tertiary/aromatic N) is 1. The van der Waals surface area contributed by atoms with Gasteiger partial charge in [0.2, 0.25) is 0 Å². The summed E-state index contributed by atoms with van der Waals surface area (Å²) < 4.78 is 0. The van der Waals surface area contributed by atoms with Gasteiger partial charge in [0.05, 0.1) is 16.6 Å². The molecule has 0 atom stereocenters. The van der Waals surface area contributed by atoms with E-state index in [9.17, 15) is 4.79 Å². The van der Waals surface area contributed by atoms with Crippen molar-refractivity contribution in [3.63, 3.8) is 0 Å². The quantitative estimate of drug-likeness (QED) is 0.776. The lowest BCUT2D eigenvalue weighted by Crippen LogP contribution is -2.40. The fourth-order valence-electron chi connectivity index (χ4n) is 2.28. The van der Waals surface area contributed by atoms with Gasteiger partial charge in [-0.15, -0.1) is 0 Å². The van der Waals surface area contributed by atoms with Crippen LogP contribution in [0, 0.1) is 5.41 Å². The van der Waals surface area contributed by atoms with Crippen molar-refractivity contribution in [2.45, 2.75) is 26.7 Å². The Bertz CT molecular complexity index is 475. The number of rotatable bonds is 3. The number of Topliss-reactive ketones (excluding diaryl/α,β-unsaturated/α-hetero) is 1. The molecule has 0 aromatic heterocycles. The largest absolute Gasteiger partial charge is 0.296 e. The van der Waals surface area contributed by atoms with Crippen molar-refractivity contribution in [3.8, 4) is 0 Å². The Hall–Kier alpha value is -0.570. The van der Waals surface area contributed by atoms with Crippen LogP contribution >= 0.6 is 23.2 Å². The molecule has 104 valence electrons. The summed E-state index contributed by atoms with van der Waals surface area (Å²) in [5, 5.41) is 0.922. The van der Waals surface area contributed by atoms with E-state index in [2.05, 4.69) is 18.7 Å². The van der Waals surface area contributed by atoms with E-state index < -0.39 is 0 Å². The molecular formula is C15H19Cl2NO. The molecular weight excluding hydrogens is 281 g/mol. The molecule has 1 aliphatic rings. The van der Waals surface area contributed by atoms with E-state index in [4.69, 9.17) is 23.2 Å². The van der Waals surface area contributed by atoms with Crippen LogP contribution in [0.3, 0.4) is 0 Å². The molecule has 1 heterocycles. The molecule has 1 aromatic carbocycles. The molecule has 1 aliphatic heterocycles. The molecule has 1 fully saturated rings. The van der Waals surface area contributed by atoms with Crippen LogP contribution in [0.4, 0.5) is 0 Å². The number of likely N-dealkylation sites (tertiary alicyclic amines) is 1. The molecule has 0 bridgehead atoms. The molecule has 1 aromatic rings. The lowest BCUT2D eigenvalue weighted by molar-refractivity contribution is 0.0845. The number of hydrogen-bond acceptors (Lipinski definition) is 2. The van der Waals surface area contributed by atoms with Crippen LogP contribution in [0.15, 0.2) is 18.2 Å². The van der Waals surface area contributed by atoms with Crippen LogP contribution in [0.25, 0.3) is 0 Å². The Labute approximate surface area is 124 Å². The van der Waals surface area contributed by atoms with Crippen molar-refractivity contribution in [2.24, 2.45) is 5.41 Å². The number of piperidine rings is 1. The van der Waals surface area contributed by atoms with Gasteiger partial charge < -0.3 is 0 Å². The lowest BCUT2D eigenvalue weighted by Gasteiger charge is -2.36. The first-order valence-electron chi connectivity index (χ1n) is 6.58.